The van der Waals surface area contributed by atoms with E-state index in [-0.39, 0.29) is 17.9 Å². The lowest BCUT2D eigenvalue weighted by atomic mass is 9.91. The first-order valence-corrected chi connectivity index (χ1v) is 13.2. The summed E-state index contributed by atoms with van der Waals surface area (Å²) in [5.41, 5.74) is 4.63. The molecule has 2 aromatic carbocycles. The van der Waals surface area contributed by atoms with E-state index in [1.807, 2.05) is 44.2 Å². The third-order valence-corrected chi connectivity index (χ3v) is 7.97. The molecule has 1 N–H and O–H groups in total. The van der Waals surface area contributed by atoms with Crippen LogP contribution < -0.4 is 5.32 Å². The summed E-state index contributed by atoms with van der Waals surface area (Å²) >= 11 is 0. The molecule has 3 aromatic rings. The molecule has 0 bridgehead atoms. The van der Waals surface area contributed by atoms with Gasteiger partial charge in [0.25, 0.3) is 5.91 Å². The average molecular weight is 485 g/mol. The Kier molecular flexibility index (Phi) is 6.69. The van der Waals surface area contributed by atoms with Gasteiger partial charge < -0.3 is 10.2 Å². The first-order valence-electron chi connectivity index (χ1n) is 13.2. The van der Waals surface area contributed by atoms with Gasteiger partial charge in [-0.3, -0.25) is 14.3 Å². The molecule has 188 valence electrons. The van der Waals surface area contributed by atoms with E-state index in [0.29, 0.717) is 18.8 Å². The Bertz CT molecular complexity index is 1260. The molecule has 1 aliphatic heterocycles. The van der Waals surface area contributed by atoms with Gasteiger partial charge in [0.2, 0.25) is 5.91 Å². The lowest BCUT2D eigenvalue weighted by Crippen LogP contribution is -2.64. The molecule has 0 saturated heterocycles. The quantitative estimate of drug-likeness (QED) is 0.517. The van der Waals surface area contributed by atoms with Crippen LogP contribution in [0.2, 0.25) is 0 Å². The minimum Gasteiger partial charge on any atom is -0.351 e. The molecule has 1 saturated carbocycles. The summed E-state index contributed by atoms with van der Waals surface area (Å²) in [7, 11) is 0. The summed E-state index contributed by atoms with van der Waals surface area (Å²) in [5.74, 6) is -0.249. The molecule has 1 aliphatic carbocycles. The Labute approximate surface area is 213 Å². The lowest BCUT2D eigenvalue weighted by Gasteiger charge is -2.44. The Balaban J connectivity index is 1.51. The van der Waals surface area contributed by atoms with Gasteiger partial charge in [0.05, 0.1) is 12.2 Å². The minimum atomic E-state index is -1.04. The third-order valence-electron chi connectivity index (χ3n) is 7.97. The number of aromatic nitrogens is 2. The van der Waals surface area contributed by atoms with Crippen LogP contribution in [0.15, 0.2) is 54.6 Å². The monoisotopic (exact) mass is 484 g/mol. The number of hydrogen-bond acceptors (Lipinski definition) is 3. The number of amides is 2. The number of nitrogens with one attached hydrogen (secondary N) is 1. The summed E-state index contributed by atoms with van der Waals surface area (Å²) in [6.45, 7) is 6.77. The second-order valence-electron chi connectivity index (χ2n) is 10.5. The van der Waals surface area contributed by atoms with Gasteiger partial charge in [0.15, 0.2) is 0 Å². The number of benzene rings is 2. The van der Waals surface area contributed by atoms with Crippen molar-refractivity contribution in [1.29, 1.82) is 0 Å². The highest BCUT2D eigenvalue weighted by Crippen LogP contribution is 2.32. The highest BCUT2D eigenvalue weighted by atomic mass is 16.2. The highest BCUT2D eigenvalue weighted by Gasteiger charge is 2.48. The Morgan fingerprint density at radius 1 is 1.08 bits per heavy atom. The molecule has 6 nitrogen and oxygen atoms in total. The van der Waals surface area contributed by atoms with Crippen LogP contribution in [-0.4, -0.2) is 38.1 Å². The van der Waals surface area contributed by atoms with E-state index in [1.54, 1.807) is 9.58 Å². The zero-order chi connectivity index (χ0) is 25.3. The first-order chi connectivity index (χ1) is 17.4. The molecule has 2 amide bonds. The molecule has 0 unspecified atom stereocenters. The maximum Gasteiger partial charge on any atom is 0.273 e. The Morgan fingerprint density at radius 3 is 2.50 bits per heavy atom. The van der Waals surface area contributed by atoms with Gasteiger partial charge in [-0.25, -0.2) is 0 Å². The summed E-state index contributed by atoms with van der Waals surface area (Å²) < 4.78 is 1.74. The van der Waals surface area contributed by atoms with E-state index >= 15 is 0 Å². The van der Waals surface area contributed by atoms with Crippen molar-refractivity contribution in [3.05, 3.63) is 77.0 Å². The topological polar surface area (TPSA) is 67.2 Å². The fourth-order valence-corrected chi connectivity index (χ4v) is 5.49. The van der Waals surface area contributed by atoms with Gasteiger partial charge in [0.1, 0.15) is 11.2 Å². The maximum absolute atomic E-state index is 14.0. The van der Waals surface area contributed by atoms with Crippen molar-refractivity contribution < 1.29 is 9.59 Å². The van der Waals surface area contributed by atoms with E-state index in [0.717, 1.165) is 54.5 Å². The van der Waals surface area contributed by atoms with Crippen molar-refractivity contribution in [3.8, 4) is 11.3 Å². The highest BCUT2D eigenvalue weighted by molar-refractivity contribution is 6.00. The number of hydrogen-bond donors (Lipinski definition) is 1. The van der Waals surface area contributed by atoms with Crippen LogP contribution in [0, 0.1) is 6.92 Å². The molecule has 0 radical (unpaired) electrons. The third kappa shape index (κ3) is 4.57. The van der Waals surface area contributed by atoms with Gasteiger partial charge in [-0.1, -0.05) is 74.7 Å². The number of nitrogens with zero attached hydrogens (tertiary/aromatic N) is 3. The predicted octanol–water partition coefficient (Wildman–Crippen LogP) is 5.28. The second kappa shape index (κ2) is 9.92. The number of carbonyl (C=O) groups is 2. The first kappa shape index (κ1) is 24.3. The van der Waals surface area contributed by atoms with Crippen LogP contribution in [0.1, 0.15) is 73.1 Å². The molecule has 1 fully saturated rings. The van der Waals surface area contributed by atoms with Crippen LogP contribution in [0.3, 0.4) is 0 Å². The standard InChI is InChI=1S/C30H36N4O2/c1-4-22-14-16-23(17-15-22)26-18-27-28(35)33(19-24-11-9-8-10-21(24)2)30(3,20-34(27)32-26)29(36)31-25-12-6-5-7-13-25/h8-11,14-18,25H,4-7,12-13,19-20H2,1-3H3,(H,31,36)/t30-/m1/s1. The van der Waals surface area contributed by atoms with Crippen molar-refractivity contribution in [2.24, 2.45) is 0 Å². The molecule has 36 heavy (non-hydrogen) atoms. The van der Waals surface area contributed by atoms with E-state index in [2.05, 4.69) is 36.5 Å². The molecule has 1 aromatic heterocycles. The van der Waals surface area contributed by atoms with Crippen molar-refractivity contribution in [2.75, 3.05) is 0 Å². The zero-order valence-corrected chi connectivity index (χ0v) is 21.6. The van der Waals surface area contributed by atoms with Crippen molar-refractivity contribution >= 4 is 11.8 Å². The molecule has 2 aliphatic rings. The Hall–Kier alpha value is -3.41. The molecule has 2 heterocycles. The maximum atomic E-state index is 14.0. The van der Waals surface area contributed by atoms with Crippen LogP contribution in [0.4, 0.5) is 0 Å². The van der Waals surface area contributed by atoms with Gasteiger partial charge in [0, 0.05) is 18.2 Å². The molecular formula is C30H36N4O2. The molecular weight excluding hydrogens is 448 g/mol. The largest absolute Gasteiger partial charge is 0.351 e. The zero-order valence-electron chi connectivity index (χ0n) is 21.6. The smallest absolute Gasteiger partial charge is 0.273 e. The van der Waals surface area contributed by atoms with Gasteiger partial charge in [-0.05, 0) is 55.9 Å². The SMILES string of the molecule is CCc1ccc(-c2cc3n(n2)C[C@](C)(C(=O)NC2CCCCC2)N(Cc2ccccc2C)C3=O)cc1. The van der Waals surface area contributed by atoms with Crippen molar-refractivity contribution in [2.45, 2.75) is 84.0 Å². The van der Waals surface area contributed by atoms with Crippen LogP contribution >= 0.6 is 0 Å². The molecule has 0 spiro atoms. The van der Waals surface area contributed by atoms with Crippen molar-refractivity contribution in [1.82, 2.24) is 20.0 Å². The summed E-state index contributed by atoms with van der Waals surface area (Å²) in [6.07, 6.45) is 6.46. The van der Waals surface area contributed by atoms with Gasteiger partial charge in [-0.2, -0.15) is 5.10 Å². The van der Waals surface area contributed by atoms with E-state index in [9.17, 15) is 9.59 Å². The molecule has 1 atom stereocenters. The Morgan fingerprint density at radius 2 is 1.81 bits per heavy atom. The van der Waals surface area contributed by atoms with Crippen LogP contribution in [0.25, 0.3) is 11.3 Å². The van der Waals surface area contributed by atoms with E-state index in [4.69, 9.17) is 5.10 Å². The fourth-order valence-electron chi connectivity index (χ4n) is 5.49. The van der Waals surface area contributed by atoms with Gasteiger partial charge >= 0.3 is 0 Å². The van der Waals surface area contributed by atoms with Crippen molar-refractivity contribution in [3.63, 3.8) is 0 Å². The summed E-state index contributed by atoms with van der Waals surface area (Å²) in [4.78, 5) is 29.6. The fraction of sp³-hybridized carbons (Fsp3) is 0.433. The van der Waals surface area contributed by atoms with Crippen LogP contribution in [0.5, 0.6) is 0 Å². The number of carbonyl (C=O) groups excluding carboxylic acids is 2. The van der Waals surface area contributed by atoms with E-state index < -0.39 is 5.54 Å². The normalized spacial score (nSPS) is 20.3. The van der Waals surface area contributed by atoms with Gasteiger partial charge in [-0.15, -0.1) is 0 Å². The van der Waals surface area contributed by atoms with Crippen LogP contribution in [-0.2, 0) is 24.3 Å². The van der Waals surface area contributed by atoms with E-state index in [1.165, 1.54) is 12.0 Å². The minimum absolute atomic E-state index is 0.0914. The summed E-state index contributed by atoms with van der Waals surface area (Å²) in [6, 6.07) is 18.4. The molecule has 6 heteroatoms. The molecule has 5 rings (SSSR count). The number of aryl methyl sites for hydroxylation is 2. The lowest BCUT2D eigenvalue weighted by molar-refractivity contribution is -0.134. The predicted molar refractivity (Wildman–Crippen MR) is 142 cm³/mol. The number of rotatable bonds is 6. The summed E-state index contributed by atoms with van der Waals surface area (Å²) in [5, 5.41) is 8.09. The second-order valence-corrected chi connectivity index (χ2v) is 10.5. The average Bonchev–Trinajstić information content (AvgIpc) is 3.32. The number of fused-ring (bicyclic) bond motifs is 1.